The summed E-state index contributed by atoms with van der Waals surface area (Å²) in [7, 11) is 0. The number of para-hydroxylation sites is 1. The minimum atomic E-state index is -0.467. The number of nitrogens with zero attached hydrogens (tertiary/aromatic N) is 3. The molecule has 0 aliphatic heterocycles. The molecule has 8 heteroatoms. The lowest BCUT2D eigenvalue weighted by Crippen LogP contribution is -2.41. The van der Waals surface area contributed by atoms with E-state index < -0.39 is 6.03 Å². The third-order valence-corrected chi connectivity index (χ3v) is 4.65. The van der Waals surface area contributed by atoms with E-state index in [1.807, 2.05) is 48.9 Å². The van der Waals surface area contributed by atoms with Gasteiger partial charge in [-0.15, -0.1) is 5.10 Å². The van der Waals surface area contributed by atoms with Crippen LogP contribution in [0, 0.1) is 5.92 Å². The predicted octanol–water partition coefficient (Wildman–Crippen LogP) is 2.72. The number of carbonyl (C=O) groups is 2. The number of aromatic nitrogens is 3. The highest BCUT2D eigenvalue weighted by Gasteiger charge is 2.30. The van der Waals surface area contributed by atoms with E-state index in [9.17, 15) is 9.59 Å². The third-order valence-electron chi connectivity index (χ3n) is 3.81. The normalized spacial score (nSPS) is 13.7. The summed E-state index contributed by atoms with van der Waals surface area (Å²) in [6, 6.07) is 9.39. The number of thioether (sulfide) groups is 1. The molecule has 3 rings (SSSR count). The Kier molecular flexibility index (Phi) is 5.92. The quantitative estimate of drug-likeness (QED) is 0.729. The summed E-state index contributed by atoms with van der Waals surface area (Å²) in [5.41, 5.74) is 0.964. The molecule has 1 aliphatic carbocycles. The maximum atomic E-state index is 11.9. The molecule has 26 heavy (non-hydrogen) atoms. The molecule has 2 aromatic rings. The summed E-state index contributed by atoms with van der Waals surface area (Å²) in [6.07, 6.45) is 2.23. The molecule has 1 heterocycles. The summed E-state index contributed by atoms with van der Waals surface area (Å²) >= 11 is 1.23. The van der Waals surface area contributed by atoms with Gasteiger partial charge in [-0.3, -0.25) is 10.1 Å². The molecule has 3 amide bonds. The van der Waals surface area contributed by atoms with E-state index in [1.165, 1.54) is 11.8 Å². The van der Waals surface area contributed by atoms with Crippen LogP contribution < -0.4 is 10.6 Å². The van der Waals surface area contributed by atoms with Crippen LogP contribution in [0.15, 0.2) is 35.5 Å². The number of nitrogens with one attached hydrogen (secondary N) is 2. The van der Waals surface area contributed by atoms with E-state index in [4.69, 9.17) is 0 Å². The van der Waals surface area contributed by atoms with Crippen molar-refractivity contribution in [3.63, 3.8) is 0 Å². The second-order valence-corrected chi connectivity index (χ2v) is 7.66. The molecular formula is C18H23N5O2S. The molecule has 138 valence electrons. The van der Waals surface area contributed by atoms with Crippen LogP contribution >= 0.6 is 11.8 Å². The molecule has 0 saturated heterocycles. The molecule has 1 aliphatic rings. The smallest absolute Gasteiger partial charge is 0.321 e. The van der Waals surface area contributed by atoms with Crippen molar-refractivity contribution in [2.24, 2.45) is 5.92 Å². The number of rotatable bonds is 7. The van der Waals surface area contributed by atoms with Crippen molar-refractivity contribution in [2.75, 3.05) is 12.3 Å². The molecule has 0 atom stereocenters. The maximum absolute atomic E-state index is 11.9. The average molecular weight is 373 g/mol. The van der Waals surface area contributed by atoms with Gasteiger partial charge in [-0.05, 0) is 30.9 Å². The summed E-state index contributed by atoms with van der Waals surface area (Å²) < 4.78 is 1.85. The maximum Gasteiger partial charge on any atom is 0.321 e. The van der Waals surface area contributed by atoms with Gasteiger partial charge in [-0.25, -0.2) is 14.5 Å². The van der Waals surface area contributed by atoms with Crippen LogP contribution in [0.2, 0.25) is 0 Å². The number of hydrogen-bond donors (Lipinski definition) is 2. The van der Waals surface area contributed by atoms with Crippen molar-refractivity contribution >= 4 is 23.7 Å². The Balaban J connectivity index is 1.58. The van der Waals surface area contributed by atoms with E-state index in [-0.39, 0.29) is 11.7 Å². The van der Waals surface area contributed by atoms with Crippen LogP contribution in [0.5, 0.6) is 0 Å². The first-order valence-corrected chi connectivity index (χ1v) is 9.74. The van der Waals surface area contributed by atoms with Crippen molar-refractivity contribution in [3.8, 4) is 5.69 Å². The Bertz CT molecular complexity index is 771. The van der Waals surface area contributed by atoms with Gasteiger partial charge in [-0.1, -0.05) is 43.8 Å². The predicted molar refractivity (Wildman–Crippen MR) is 100 cm³/mol. The lowest BCUT2D eigenvalue weighted by atomic mass is 10.2. The number of urea groups is 1. The Morgan fingerprint density at radius 2 is 2.00 bits per heavy atom. The summed E-state index contributed by atoms with van der Waals surface area (Å²) in [5, 5.41) is 10.1. The lowest BCUT2D eigenvalue weighted by Gasteiger charge is -2.07. The van der Waals surface area contributed by atoms with Gasteiger partial charge in [-0.2, -0.15) is 0 Å². The molecule has 1 aromatic heterocycles. The number of benzene rings is 1. The lowest BCUT2D eigenvalue weighted by molar-refractivity contribution is -0.117. The Morgan fingerprint density at radius 3 is 2.65 bits per heavy atom. The molecule has 7 nitrogen and oxygen atoms in total. The summed E-state index contributed by atoms with van der Waals surface area (Å²) in [5.74, 6) is 1.44. The molecular weight excluding hydrogens is 350 g/mol. The van der Waals surface area contributed by atoms with Gasteiger partial charge >= 0.3 is 6.03 Å². The van der Waals surface area contributed by atoms with Crippen LogP contribution in [0.1, 0.15) is 38.4 Å². The van der Waals surface area contributed by atoms with E-state index in [1.54, 1.807) is 0 Å². The zero-order chi connectivity index (χ0) is 18.5. The van der Waals surface area contributed by atoms with Crippen molar-refractivity contribution in [3.05, 3.63) is 36.2 Å². The van der Waals surface area contributed by atoms with Crippen LogP contribution in [-0.2, 0) is 4.79 Å². The molecule has 0 spiro atoms. The SMILES string of the molecule is CC(C)CNC(=O)NC(=O)CSc1nc(C2CC2)n(-c2ccccc2)n1. The van der Waals surface area contributed by atoms with Crippen molar-refractivity contribution in [2.45, 2.75) is 37.8 Å². The second-order valence-electron chi connectivity index (χ2n) is 6.71. The van der Waals surface area contributed by atoms with Gasteiger partial charge in [0.2, 0.25) is 11.1 Å². The van der Waals surface area contributed by atoms with Gasteiger partial charge in [0.25, 0.3) is 0 Å². The van der Waals surface area contributed by atoms with Gasteiger partial charge < -0.3 is 5.32 Å². The second kappa shape index (κ2) is 8.35. The number of hydrogen-bond acceptors (Lipinski definition) is 5. The summed E-state index contributed by atoms with van der Waals surface area (Å²) in [6.45, 7) is 4.51. The first kappa shape index (κ1) is 18.4. The van der Waals surface area contributed by atoms with Crippen LogP contribution in [0.25, 0.3) is 5.69 Å². The van der Waals surface area contributed by atoms with E-state index in [0.717, 1.165) is 24.4 Å². The average Bonchev–Trinajstić information content (AvgIpc) is 3.38. The molecule has 0 unspecified atom stereocenters. The minimum absolute atomic E-state index is 0.0952. The van der Waals surface area contributed by atoms with Crippen molar-refractivity contribution < 1.29 is 9.59 Å². The van der Waals surface area contributed by atoms with E-state index in [2.05, 4.69) is 20.7 Å². The zero-order valence-electron chi connectivity index (χ0n) is 14.9. The van der Waals surface area contributed by atoms with Crippen molar-refractivity contribution in [1.82, 2.24) is 25.4 Å². The summed E-state index contributed by atoms with van der Waals surface area (Å²) in [4.78, 5) is 28.1. The van der Waals surface area contributed by atoms with Gasteiger partial charge in [0, 0.05) is 12.5 Å². The number of amides is 3. The Hall–Kier alpha value is -2.35. The highest BCUT2D eigenvalue weighted by molar-refractivity contribution is 7.99. The van der Waals surface area contributed by atoms with E-state index >= 15 is 0 Å². The minimum Gasteiger partial charge on any atom is -0.338 e. The monoisotopic (exact) mass is 373 g/mol. The molecule has 1 aromatic carbocycles. The Labute approximate surface area is 157 Å². The first-order chi connectivity index (χ1) is 12.5. The fraction of sp³-hybridized carbons (Fsp3) is 0.444. The molecule has 1 fully saturated rings. The fourth-order valence-corrected chi connectivity index (χ4v) is 2.99. The molecule has 2 N–H and O–H groups in total. The van der Waals surface area contributed by atoms with Gasteiger partial charge in [0.05, 0.1) is 11.4 Å². The molecule has 1 saturated carbocycles. The van der Waals surface area contributed by atoms with Gasteiger partial charge in [0.1, 0.15) is 5.82 Å². The first-order valence-electron chi connectivity index (χ1n) is 8.75. The largest absolute Gasteiger partial charge is 0.338 e. The van der Waals surface area contributed by atoms with Crippen LogP contribution in [0.3, 0.4) is 0 Å². The number of carbonyl (C=O) groups excluding carboxylic acids is 2. The third kappa shape index (κ3) is 5.08. The number of imide groups is 1. The Morgan fingerprint density at radius 1 is 1.27 bits per heavy atom. The molecule has 0 bridgehead atoms. The van der Waals surface area contributed by atoms with Crippen molar-refractivity contribution in [1.29, 1.82) is 0 Å². The molecule has 0 radical (unpaired) electrons. The zero-order valence-corrected chi connectivity index (χ0v) is 15.8. The van der Waals surface area contributed by atoms with E-state index in [0.29, 0.717) is 23.5 Å². The topological polar surface area (TPSA) is 88.9 Å². The fourth-order valence-electron chi connectivity index (χ4n) is 2.36. The highest BCUT2D eigenvalue weighted by atomic mass is 32.2. The standard InChI is InChI=1S/C18H23N5O2S/c1-12(2)10-19-17(25)20-15(24)11-26-18-21-16(13-8-9-13)23(22-18)14-6-4-3-5-7-14/h3-7,12-13H,8-11H2,1-2H3,(H2,19,20,24,25). The van der Waals surface area contributed by atoms with Gasteiger partial charge in [0.15, 0.2) is 0 Å². The van der Waals surface area contributed by atoms with Crippen LogP contribution in [0.4, 0.5) is 4.79 Å². The highest BCUT2D eigenvalue weighted by Crippen LogP contribution is 2.40. The van der Waals surface area contributed by atoms with Crippen LogP contribution in [-0.4, -0.2) is 39.0 Å².